The SMILES string of the molecule is CC(C)n1nccc1CN1C[C@@H](O)[C@H](NC(=O)c2cscn2)C1. The van der Waals surface area contributed by atoms with E-state index in [9.17, 15) is 9.90 Å². The van der Waals surface area contributed by atoms with Gasteiger partial charge in [-0.3, -0.25) is 14.4 Å². The van der Waals surface area contributed by atoms with Crippen molar-refractivity contribution in [3.8, 4) is 0 Å². The molecule has 0 saturated carbocycles. The zero-order valence-corrected chi connectivity index (χ0v) is 14.0. The molecular weight excluding hydrogens is 314 g/mol. The van der Waals surface area contributed by atoms with E-state index in [2.05, 4.69) is 34.1 Å². The molecular formula is C15H21N5O2S. The fraction of sp³-hybridized carbons (Fsp3) is 0.533. The molecule has 1 fully saturated rings. The molecule has 23 heavy (non-hydrogen) atoms. The summed E-state index contributed by atoms with van der Waals surface area (Å²) in [6.45, 7) is 6.03. The van der Waals surface area contributed by atoms with Crippen molar-refractivity contribution in [2.75, 3.05) is 13.1 Å². The Morgan fingerprint density at radius 1 is 1.52 bits per heavy atom. The lowest BCUT2D eigenvalue weighted by Crippen LogP contribution is -2.42. The Hall–Kier alpha value is -1.77. The molecule has 0 aliphatic carbocycles. The van der Waals surface area contributed by atoms with Crippen LogP contribution in [0.15, 0.2) is 23.2 Å². The molecule has 0 spiro atoms. The number of β-amino-alcohol motifs (C(OH)–C–C–N with tert-alkyl or cyclic N) is 1. The lowest BCUT2D eigenvalue weighted by Gasteiger charge is -2.18. The van der Waals surface area contributed by atoms with Crippen molar-refractivity contribution in [2.24, 2.45) is 0 Å². The van der Waals surface area contributed by atoms with Crippen LogP contribution in [0.1, 0.15) is 36.1 Å². The van der Waals surface area contributed by atoms with Gasteiger partial charge in [-0.25, -0.2) is 4.98 Å². The smallest absolute Gasteiger partial charge is 0.271 e. The number of carbonyl (C=O) groups is 1. The van der Waals surface area contributed by atoms with Gasteiger partial charge in [-0.2, -0.15) is 5.10 Å². The Balaban J connectivity index is 1.60. The summed E-state index contributed by atoms with van der Waals surface area (Å²) in [6.07, 6.45) is 1.22. The summed E-state index contributed by atoms with van der Waals surface area (Å²) in [5.41, 5.74) is 3.14. The van der Waals surface area contributed by atoms with Gasteiger partial charge in [0.05, 0.1) is 23.4 Å². The standard InChI is InChI=1S/C15H21N5O2S/c1-10(2)20-11(3-4-17-20)5-19-6-12(14(21)7-19)18-15(22)13-8-23-9-16-13/h3-4,8-10,12,14,21H,5-7H2,1-2H3,(H,18,22)/t12-,14-/m1/s1. The number of aromatic nitrogens is 3. The van der Waals surface area contributed by atoms with Crippen molar-refractivity contribution in [3.05, 3.63) is 34.5 Å². The van der Waals surface area contributed by atoms with E-state index in [0.29, 0.717) is 31.4 Å². The van der Waals surface area contributed by atoms with Gasteiger partial charge in [-0.05, 0) is 19.9 Å². The summed E-state index contributed by atoms with van der Waals surface area (Å²) >= 11 is 1.38. The molecule has 1 saturated heterocycles. The van der Waals surface area contributed by atoms with Crippen molar-refractivity contribution in [3.63, 3.8) is 0 Å². The summed E-state index contributed by atoms with van der Waals surface area (Å²) < 4.78 is 1.98. The quantitative estimate of drug-likeness (QED) is 0.848. The third-order valence-electron chi connectivity index (χ3n) is 3.97. The van der Waals surface area contributed by atoms with Gasteiger partial charge in [0.2, 0.25) is 0 Å². The molecule has 1 amide bonds. The highest BCUT2D eigenvalue weighted by Crippen LogP contribution is 2.16. The summed E-state index contributed by atoms with van der Waals surface area (Å²) in [4.78, 5) is 18.2. The van der Waals surface area contributed by atoms with Crippen LogP contribution in [0.25, 0.3) is 0 Å². The molecule has 0 bridgehead atoms. The zero-order valence-electron chi connectivity index (χ0n) is 13.2. The maximum absolute atomic E-state index is 12.1. The Kier molecular flexibility index (Phi) is 4.74. The van der Waals surface area contributed by atoms with Crippen LogP contribution in [-0.4, -0.2) is 55.9 Å². The first kappa shape index (κ1) is 16.1. The molecule has 0 aromatic carbocycles. The van der Waals surface area contributed by atoms with Crippen LogP contribution in [0.2, 0.25) is 0 Å². The summed E-state index contributed by atoms with van der Waals surface area (Å²) in [7, 11) is 0. The van der Waals surface area contributed by atoms with E-state index >= 15 is 0 Å². The number of hydrogen-bond acceptors (Lipinski definition) is 6. The second-order valence-electron chi connectivity index (χ2n) is 6.08. The van der Waals surface area contributed by atoms with Gasteiger partial charge in [-0.15, -0.1) is 11.3 Å². The van der Waals surface area contributed by atoms with Crippen LogP contribution in [0.4, 0.5) is 0 Å². The van der Waals surface area contributed by atoms with E-state index < -0.39 is 6.10 Å². The van der Waals surface area contributed by atoms with Gasteiger partial charge in [0, 0.05) is 37.3 Å². The molecule has 2 aromatic rings. The minimum atomic E-state index is -0.576. The Bertz CT molecular complexity index is 655. The van der Waals surface area contributed by atoms with Crippen LogP contribution in [0.5, 0.6) is 0 Å². The number of thiazole rings is 1. The summed E-state index contributed by atoms with van der Waals surface area (Å²) in [5, 5.41) is 19.1. The van der Waals surface area contributed by atoms with E-state index in [1.165, 1.54) is 11.3 Å². The lowest BCUT2D eigenvalue weighted by molar-refractivity contribution is 0.0884. The summed E-state index contributed by atoms with van der Waals surface area (Å²) in [5.74, 6) is -0.232. The number of hydrogen-bond donors (Lipinski definition) is 2. The molecule has 0 unspecified atom stereocenters. The predicted molar refractivity (Wildman–Crippen MR) is 87.3 cm³/mol. The number of nitrogens with one attached hydrogen (secondary N) is 1. The molecule has 2 atom stereocenters. The average Bonchev–Trinajstić information content (AvgIpc) is 3.21. The molecule has 124 valence electrons. The molecule has 8 heteroatoms. The Morgan fingerprint density at radius 2 is 2.35 bits per heavy atom. The number of aliphatic hydroxyl groups excluding tert-OH is 1. The van der Waals surface area contributed by atoms with Crippen LogP contribution in [0.3, 0.4) is 0 Å². The molecule has 1 aliphatic rings. The Morgan fingerprint density at radius 3 is 3.04 bits per heavy atom. The first-order valence-electron chi connectivity index (χ1n) is 7.66. The normalized spacial score (nSPS) is 21.9. The number of carbonyl (C=O) groups excluding carboxylic acids is 1. The van der Waals surface area contributed by atoms with Gasteiger partial charge in [-0.1, -0.05) is 0 Å². The topological polar surface area (TPSA) is 83.3 Å². The number of amides is 1. The second kappa shape index (κ2) is 6.77. The molecule has 7 nitrogen and oxygen atoms in total. The fourth-order valence-electron chi connectivity index (χ4n) is 2.87. The third-order valence-corrected chi connectivity index (χ3v) is 4.56. The monoisotopic (exact) mass is 335 g/mol. The van der Waals surface area contributed by atoms with E-state index in [4.69, 9.17) is 0 Å². The van der Waals surface area contributed by atoms with Crippen LogP contribution in [0, 0.1) is 0 Å². The Labute approximate surface area is 138 Å². The van der Waals surface area contributed by atoms with Gasteiger partial charge in [0.15, 0.2) is 0 Å². The van der Waals surface area contributed by atoms with Crippen molar-refractivity contribution in [1.29, 1.82) is 0 Å². The van der Waals surface area contributed by atoms with Crippen molar-refractivity contribution < 1.29 is 9.90 Å². The van der Waals surface area contributed by atoms with E-state index in [0.717, 1.165) is 5.69 Å². The first-order valence-corrected chi connectivity index (χ1v) is 8.60. The molecule has 2 N–H and O–H groups in total. The fourth-order valence-corrected chi connectivity index (χ4v) is 3.40. The summed E-state index contributed by atoms with van der Waals surface area (Å²) in [6, 6.07) is 2.01. The van der Waals surface area contributed by atoms with E-state index in [1.807, 2.05) is 10.7 Å². The maximum Gasteiger partial charge on any atom is 0.271 e. The van der Waals surface area contributed by atoms with E-state index in [1.54, 1.807) is 17.1 Å². The van der Waals surface area contributed by atoms with Gasteiger partial charge in [0.25, 0.3) is 5.91 Å². The van der Waals surface area contributed by atoms with E-state index in [-0.39, 0.29) is 11.9 Å². The maximum atomic E-state index is 12.1. The van der Waals surface area contributed by atoms with Crippen molar-refractivity contribution in [1.82, 2.24) is 25.0 Å². The lowest BCUT2D eigenvalue weighted by atomic mass is 10.2. The van der Waals surface area contributed by atoms with Gasteiger partial charge >= 0.3 is 0 Å². The van der Waals surface area contributed by atoms with Crippen LogP contribution >= 0.6 is 11.3 Å². The zero-order chi connectivity index (χ0) is 16.4. The molecule has 3 rings (SSSR count). The number of likely N-dealkylation sites (tertiary alicyclic amines) is 1. The molecule has 2 aromatic heterocycles. The predicted octanol–water partition coefficient (Wildman–Crippen LogP) is 0.896. The van der Waals surface area contributed by atoms with Gasteiger partial charge < -0.3 is 10.4 Å². The number of nitrogens with zero attached hydrogens (tertiary/aromatic N) is 4. The molecule has 0 radical (unpaired) electrons. The largest absolute Gasteiger partial charge is 0.390 e. The molecule has 1 aliphatic heterocycles. The van der Waals surface area contributed by atoms with Gasteiger partial charge in [0.1, 0.15) is 5.69 Å². The minimum absolute atomic E-state index is 0.232. The highest BCUT2D eigenvalue weighted by molar-refractivity contribution is 7.07. The number of aliphatic hydroxyl groups is 1. The molecule has 3 heterocycles. The average molecular weight is 335 g/mol. The van der Waals surface area contributed by atoms with Crippen LogP contribution < -0.4 is 5.32 Å². The highest BCUT2D eigenvalue weighted by Gasteiger charge is 2.33. The van der Waals surface area contributed by atoms with Crippen molar-refractivity contribution >= 4 is 17.2 Å². The third kappa shape index (κ3) is 3.60. The first-order chi connectivity index (χ1) is 11.0. The second-order valence-corrected chi connectivity index (χ2v) is 6.79. The van der Waals surface area contributed by atoms with Crippen molar-refractivity contribution in [2.45, 2.75) is 38.6 Å². The minimum Gasteiger partial charge on any atom is -0.390 e. The van der Waals surface area contributed by atoms with Crippen LogP contribution in [-0.2, 0) is 6.54 Å². The number of rotatable bonds is 5. The highest BCUT2D eigenvalue weighted by atomic mass is 32.1.